The van der Waals surface area contributed by atoms with Crippen LogP contribution in [0.1, 0.15) is 20.8 Å². The summed E-state index contributed by atoms with van der Waals surface area (Å²) in [6.45, 7) is 13.9. The predicted molar refractivity (Wildman–Crippen MR) is 53.3 cm³/mol. The van der Waals surface area contributed by atoms with Crippen LogP contribution < -0.4 is 5.32 Å². The van der Waals surface area contributed by atoms with Gasteiger partial charge in [0.1, 0.15) is 0 Å². The van der Waals surface area contributed by atoms with Gasteiger partial charge in [0.25, 0.3) is 0 Å². The van der Waals surface area contributed by atoms with Crippen molar-refractivity contribution in [2.75, 3.05) is 19.6 Å². The van der Waals surface area contributed by atoms with E-state index in [-0.39, 0.29) is 0 Å². The highest BCUT2D eigenvalue weighted by molar-refractivity contribution is 4.95. The summed E-state index contributed by atoms with van der Waals surface area (Å²) in [5, 5.41) is 3.46. The second kappa shape index (κ2) is 4.06. The molecule has 1 saturated heterocycles. The third-order valence-electron chi connectivity index (χ3n) is 2.64. The summed E-state index contributed by atoms with van der Waals surface area (Å²) in [7, 11) is 0. The van der Waals surface area contributed by atoms with Gasteiger partial charge in [-0.2, -0.15) is 0 Å². The third-order valence-corrected chi connectivity index (χ3v) is 2.64. The first-order valence-electron chi connectivity index (χ1n) is 4.73. The highest BCUT2D eigenvalue weighted by Gasteiger charge is 2.23. The lowest BCUT2D eigenvalue weighted by Gasteiger charge is -2.38. The third kappa shape index (κ3) is 2.32. The quantitative estimate of drug-likeness (QED) is 0.624. The van der Waals surface area contributed by atoms with Gasteiger partial charge in [-0.25, -0.2) is 0 Å². The summed E-state index contributed by atoms with van der Waals surface area (Å²) >= 11 is 0. The molecule has 0 spiro atoms. The zero-order valence-electron chi connectivity index (χ0n) is 8.43. The van der Waals surface area contributed by atoms with Crippen molar-refractivity contribution in [2.24, 2.45) is 0 Å². The first-order valence-corrected chi connectivity index (χ1v) is 4.73. The summed E-state index contributed by atoms with van der Waals surface area (Å²) < 4.78 is 0. The first kappa shape index (κ1) is 9.75. The standard InChI is InChI=1S/C10H20N2/c1-8(2)7-12-6-5-11-9(3)10(12)4/h9-11H,1,5-7H2,2-4H3. The minimum atomic E-state index is 0.609. The first-order chi connectivity index (χ1) is 5.61. The van der Waals surface area contributed by atoms with Crippen LogP contribution in [0.4, 0.5) is 0 Å². The molecule has 2 nitrogen and oxygen atoms in total. The van der Waals surface area contributed by atoms with Gasteiger partial charge >= 0.3 is 0 Å². The molecule has 0 amide bonds. The topological polar surface area (TPSA) is 15.3 Å². The largest absolute Gasteiger partial charge is 0.311 e. The molecular weight excluding hydrogens is 148 g/mol. The summed E-state index contributed by atoms with van der Waals surface area (Å²) in [6.07, 6.45) is 0. The van der Waals surface area contributed by atoms with E-state index in [9.17, 15) is 0 Å². The van der Waals surface area contributed by atoms with Crippen LogP contribution in [0.15, 0.2) is 12.2 Å². The summed E-state index contributed by atoms with van der Waals surface area (Å²) in [5.74, 6) is 0. The van der Waals surface area contributed by atoms with Crippen molar-refractivity contribution in [3.63, 3.8) is 0 Å². The van der Waals surface area contributed by atoms with Crippen molar-refractivity contribution < 1.29 is 0 Å². The predicted octanol–water partition coefficient (Wildman–Crippen LogP) is 1.24. The SMILES string of the molecule is C=C(C)CN1CCNC(C)C1C. The normalized spacial score (nSPS) is 31.9. The lowest BCUT2D eigenvalue weighted by molar-refractivity contribution is 0.151. The number of nitrogens with zero attached hydrogens (tertiary/aromatic N) is 1. The number of nitrogens with one attached hydrogen (secondary N) is 1. The second-order valence-electron chi connectivity index (χ2n) is 3.91. The molecule has 0 aliphatic carbocycles. The van der Waals surface area contributed by atoms with E-state index in [4.69, 9.17) is 0 Å². The molecular formula is C10H20N2. The van der Waals surface area contributed by atoms with Gasteiger partial charge in [-0.05, 0) is 20.8 Å². The minimum absolute atomic E-state index is 0.609. The van der Waals surface area contributed by atoms with E-state index >= 15 is 0 Å². The van der Waals surface area contributed by atoms with Crippen molar-refractivity contribution in [3.05, 3.63) is 12.2 Å². The van der Waals surface area contributed by atoms with E-state index in [1.807, 2.05) is 0 Å². The van der Waals surface area contributed by atoms with Crippen LogP contribution in [0.5, 0.6) is 0 Å². The molecule has 2 unspecified atom stereocenters. The van der Waals surface area contributed by atoms with Crippen molar-refractivity contribution in [3.8, 4) is 0 Å². The van der Waals surface area contributed by atoms with Crippen molar-refractivity contribution in [2.45, 2.75) is 32.9 Å². The maximum absolute atomic E-state index is 3.95. The molecule has 70 valence electrons. The molecule has 1 heterocycles. The van der Waals surface area contributed by atoms with Crippen molar-refractivity contribution >= 4 is 0 Å². The average Bonchev–Trinajstić information content (AvgIpc) is 1.98. The zero-order valence-corrected chi connectivity index (χ0v) is 8.43. The Labute approximate surface area is 75.6 Å². The fourth-order valence-electron chi connectivity index (χ4n) is 1.70. The smallest absolute Gasteiger partial charge is 0.0222 e. The molecule has 1 aliphatic rings. The molecule has 0 radical (unpaired) electrons. The van der Waals surface area contributed by atoms with Crippen LogP contribution in [0.25, 0.3) is 0 Å². The molecule has 1 aliphatic heterocycles. The lowest BCUT2D eigenvalue weighted by atomic mass is 10.1. The van der Waals surface area contributed by atoms with Gasteiger partial charge < -0.3 is 5.32 Å². The Morgan fingerprint density at radius 2 is 2.25 bits per heavy atom. The fourth-order valence-corrected chi connectivity index (χ4v) is 1.70. The minimum Gasteiger partial charge on any atom is -0.311 e. The highest BCUT2D eigenvalue weighted by Crippen LogP contribution is 2.09. The van der Waals surface area contributed by atoms with E-state index < -0.39 is 0 Å². The fraction of sp³-hybridized carbons (Fsp3) is 0.800. The van der Waals surface area contributed by atoms with Crippen LogP contribution in [0, 0.1) is 0 Å². The van der Waals surface area contributed by atoms with Crippen LogP contribution in [-0.2, 0) is 0 Å². The van der Waals surface area contributed by atoms with Crippen molar-refractivity contribution in [1.29, 1.82) is 0 Å². The van der Waals surface area contributed by atoms with Gasteiger partial charge in [0.2, 0.25) is 0 Å². The second-order valence-corrected chi connectivity index (χ2v) is 3.91. The Kier molecular flexibility index (Phi) is 3.29. The highest BCUT2D eigenvalue weighted by atomic mass is 15.2. The number of rotatable bonds is 2. The van der Waals surface area contributed by atoms with E-state index in [2.05, 4.69) is 37.6 Å². The maximum Gasteiger partial charge on any atom is 0.0222 e. The van der Waals surface area contributed by atoms with E-state index in [0.717, 1.165) is 19.6 Å². The van der Waals surface area contributed by atoms with Crippen molar-refractivity contribution in [1.82, 2.24) is 10.2 Å². The monoisotopic (exact) mass is 168 g/mol. The molecule has 0 aromatic carbocycles. The molecule has 1 rings (SSSR count). The van der Waals surface area contributed by atoms with Gasteiger partial charge in [0.15, 0.2) is 0 Å². The number of piperazine rings is 1. The molecule has 0 bridgehead atoms. The van der Waals surface area contributed by atoms with Crippen LogP contribution in [0.3, 0.4) is 0 Å². The Morgan fingerprint density at radius 3 is 2.83 bits per heavy atom. The van der Waals surface area contributed by atoms with E-state index in [1.165, 1.54) is 5.57 Å². The van der Waals surface area contributed by atoms with Gasteiger partial charge in [0, 0.05) is 31.7 Å². The summed E-state index contributed by atoms with van der Waals surface area (Å²) in [4.78, 5) is 2.49. The molecule has 0 aromatic heterocycles. The summed E-state index contributed by atoms with van der Waals surface area (Å²) in [6, 6.07) is 1.24. The number of hydrogen-bond donors (Lipinski definition) is 1. The molecule has 0 aromatic rings. The molecule has 12 heavy (non-hydrogen) atoms. The van der Waals surface area contributed by atoms with E-state index in [0.29, 0.717) is 12.1 Å². The van der Waals surface area contributed by atoms with Crippen LogP contribution in [0.2, 0.25) is 0 Å². The zero-order chi connectivity index (χ0) is 9.14. The molecule has 2 heteroatoms. The maximum atomic E-state index is 3.95. The molecule has 1 N–H and O–H groups in total. The number of hydrogen-bond acceptors (Lipinski definition) is 2. The van der Waals surface area contributed by atoms with Crippen LogP contribution >= 0.6 is 0 Å². The average molecular weight is 168 g/mol. The van der Waals surface area contributed by atoms with Gasteiger partial charge in [-0.15, -0.1) is 0 Å². The lowest BCUT2D eigenvalue weighted by Crippen LogP contribution is -2.55. The van der Waals surface area contributed by atoms with Crippen LogP contribution in [-0.4, -0.2) is 36.6 Å². The molecule has 0 saturated carbocycles. The Morgan fingerprint density at radius 1 is 1.58 bits per heavy atom. The Bertz CT molecular complexity index is 165. The van der Waals surface area contributed by atoms with Gasteiger partial charge in [0.05, 0.1) is 0 Å². The Balaban J connectivity index is 2.46. The van der Waals surface area contributed by atoms with E-state index in [1.54, 1.807) is 0 Å². The molecule has 1 fully saturated rings. The molecule has 2 atom stereocenters. The Hall–Kier alpha value is -0.340. The summed E-state index contributed by atoms with van der Waals surface area (Å²) in [5.41, 5.74) is 1.26. The van der Waals surface area contributed by atoms with Gasteiger partial charge in [-0.3, -0.25) is 4.90 Å². The van der Waals surface area contributed by atoms with Gasteiger partial charge in [-0.1, -0.05) is 12.2 Å².